The molecule has 0 aromatic heterocycles. The minimum Gasteiger partial charge on any atom is -0.496 e. The zero-order valence-corrected chi connectivity index (χ0v) is 12.1. The van der Waals surface area contributed by atoms with Crippen LogP contribution in [0.15, 0.2) is 48.5 Å². The van der Waals surface area contributed by atoms with Gasteiger partial charge in [-0.05, 0) is 25.0 Å². The van der Waals surface area contributed by atoms with Crippen LogP contribution in [0.5, 0.6) is 5.75 Å². The van der Waals surface area contributed by atoms with E-state index in [0.29, 0.717) is 12.8 Å². The SMILES string of the molecule is COc1ccccc1CC(=O)CCc1ccc(C)cc1. The lowest BCUT2D eigenvalue weighted by atomic mass is 10.0. The molecule has 0 aliphatic heterocycles. The molecule has 0 aliphatic carbocycles. The maximum atomic E-state index is 12.1. The lowest BCUT2D eigenvalue weighted by Gasteiger charge is -2.07. The Balaban J connectivity index is 1.91. The third-order valence-electron chi connectivity index (χ3n) is 3.39. The number of hydrogen-bond donors (Lipinski definition) is 0. The molecule has 0 aliphatic rings. The molecule has 0 atom stereocenters. The molecule has 104 valence electrons. The molecule has 0 saturated heterocycles. The maximum absolute atomic E-state index is 12.1. The van der Waals surface area contributed by atoms with Crippen molar-refractivity contribution < 1.29 is 9.53 Å². The Morgan fingerprint density at radius 1 is 1.05 bits per heavy atom. The second kappa shape index (κ2) is 6.90. The van der Waals surface area contributed by atoms with Gasteiger partial charge in [-0.25, -0.2) is 0 Å². The molecule has 0 bridgehead atoms. The maximum Gasteiger partial charge on any atom is 0.137 e. The number of ketones is 1. The summed E-state index contributed by atoms with van der Waals surface area (Å²) in [4.78, 5) is 12.1. The summed E-state index contributed by atoms with van der Waals surface area (Å²) in [5.41, 5.74) is 3.42. The molecule has 0 fully saturated rings. The van der Waals surface area contributed by atoms with Crippen LogP contribution in [0.1, 0.15) is 23.1 Å². The third kappa shape index (κ3) is 3.95. The van der Waals surface area contributed by atoms with Crippen LogP contribution in [0.2, 0.25) is 0 Å². The molecular weight excluding hydrogens is 248 g/mol. The van der Waals surface area contributed by atoms with Gasteiger partial charge >= 0.3 is 0 Å². The minimum absolute atomic E-state index is 0.245. The van der Waals surface area contributed by atoms with Crippen molar-refractivity contribution in [3.63, 3.8) is 0 Å². The minimum atomic E-state index is 0.245. The lowest BCUT2D eigenvalue weighted by Crippen LogP contribution is -2.05. The van der Waals surface area contributed by atoms with Gasteiger partial charge in [0.05, 0.1) is 7.11 Å². The molecule has 0 saturated carbocycles. The smallest absolute Gasteiger partial charge is 0.137 e. The van der Waals surface area contributed by atoms with E-state index in [9.17, 15) is 4.79 Å². The van der Waals surface area contributed by atoms with Crippen LogP contribution in [-0.2, 0) is 17.6 Å². The molecule has 2 nitrogen and oxygen atoms in total. The van der Waals surface area contributed by atoms with E-state index in [0.717, 1.165) is 17.7 Å². The molecular formula is C18H20O2. The topological polar surface area (TPSA) is 26.3 Å². The van der Waals surface area contributed by atoms with Crippen LogP contribution in [0.4, 0.5) is 0 Å². The number of carbonyl (C=O) groups is 1. The summed E-state index contributed by atoms with van der Waals surface area (Å²) in [7, 11) is 1.63. The number of Topliss-reactive ketones (excluding diaryl/α,β-unsaturated/α-hetero) is 1. The van der Waals surface area contributed by atoms with Crippen LogP contribution in [-0.4, -0.2) is 12.9 Å². The highest BCUT2D eigenvalue weighted by Crippen LogP contribution is 2.18. The summed E-state index contributed by atoms with van der Waals surface area (Å²) in [6, 6.07) is 16.0. The number of methoxy groups -OCH3 is 1. The van der Waals surface area contributed by atoms with E-state index < -0.39 is 0 Å². The van der Waals surface area contributed by atoms with Crippen LogP contribution in [0.25, 0.3) is 0 Å². The van der Waals surface area contributed by atoms with E-state index in [2.05, 4.69) is 31.2 Å². The normalized spacial score (nSPS) is 10.3. The molecule has 0 N–H and O–H groups in total. The Kier molecular flexibility index (Phi) is 4.94. The molecule has 2 aromatic rings. The summed E-state index contributed by atoms with van der Waals surface area (Å²) in [5.74, 6) is 1.03. The fourth-order valence-corrected chi connectivity index (χ4v) is 2.19. The van der Waals surface area contributed by atoms with Crippen molar-refractivity contribution in [1.82, 2.24) is 0 Å². The van der Waals surface area contributed by atoms with Gasteiger partial charge in [0.15, 0.2) is 0 Å². The average molecular weight is 268 g/mol. The second-order valence-electron chi connectivity index (χ2n) is 5.01. The Morgan fingerprint density at radius 3 is 2.45 bits per heavy atom. The highest BCUT2D eigenvalue weighted by atomic mass is 16.5. The Bertz CT molecular complexity index is 570. The van der Waals surface area contributed by atoms with Crippen LogP contribution >= 0.6 is 0 Å². The predicted molar refractivity (Wildman–Crippen MR) is 81.2 cm³/mol. The van der Waals surface area contributed by atoms with Crippen LogP contribution < -0.4 is 4.74 Å². The molecule has 0 unspecified atom stereocenters. The molecule has 20 heavy (non-hydrogen) atoms. The summed E-state index contributed by atoms with van der Waals surface area (Å²) in [6.45, 7) is 2.07. The Morgan fingerprint density at radius 2 is 1.75 bits per heavy atom. The van der Waals surface area contributed by atoms with Gasteiger partial charge < -0.3 is 4.74 Å². The number of aryl methyl sites for hydroxylation is 2. The van der Waals surface area contributed by atoms with E-state index in [4.69, 9.17) is 4.74 Å². The monoisotopic (exact) mass is 268 g/mol. The van der Waals surface area contributed by atoms with E-state index in [1.807, 2.05) is 24.3 Å². The number of benzene rings is 2. The lowest BCUT2D eigenvalue weighted by molar-refractivity contribution is -0.118. The zero-order chi connectivity index (χ0) is 14.4. The number of para-hydroxylation sites is 1. The van der Waals surface area contributed by atoms with Gasteiger partial charge in [0.1, 0.15) is 11.5 Å². The number of rotatable bonds is 6. The number of ether oxygens (including phenoxy) is 1. The number of hydrogen-bond acceptors (Lipinski definition) is 2. The number of carbonyl (C=O) groups excluding carboxylic acids is 1. The van der Waals surface area contributed by atoms with Gasteiger partial charge in [0.2, 0.25) is 0 Å². The zero-order valence-electron chi connectivity index (χ0n) is 12.1. The van der Waals surface area contributed by atoms with Crippen molar-refractivity contribution in [3.05, 3.63) is 65.2 Å². The average Bonchev–Trinajstić information content (AvgIpc) is 2.47. The standard InChI is InChI=1S/C18H20O2/c1-14-7-9-15(10-8-14)11-12-17(19)13-16-5-3-4-6-18(16)20-2/h3-10H,11-13H2,1-2H3. The molecule has 2 aromatic carbocycles. The van der Waals surface area contributed by atoms with Crippen molar-refractivity contribution >= 4 is 5.78 Å². The first-order valence-electron chi connectivity index (χ1n) is 6.88. The summed E-state index contributed by atoms with van der Waals surface area (Å²) < 4.78 is 5.27. The molecule has 0 radical (unpaired) electrons. The highest BCUT2D eigenvalue weighted by Gasteiger charge is 2.08. The highest BCUT2D eigenvalue weighted by molar-refractivity contribution is 5.81. The molecule has 2 heteroatoms. The van der Waals surface area contributed by atoms with Crippen molar-refractivity contribution in [3.8, 4) is 5.75 Å². The van der Waals surface area contributed by atoms with E-state index in [1.165, 1.54) is 11.1 Å². The largest absolute Gasteiger partial charge is 0.496 e. The molecule has 2 rings (SSSR count). The first-order valence-corrected chi connectivity index (χ1v) is 6.88. The van der Waals surface area contributed by atoms with Crippen molar-refractivity contribution in [1.29, 1.82) is 0 Å². The van der Waals surface area contributed by atoms with Crippen LogP contribution in [0, 0.1) is 6.92 Å². The van der Waals surface area contributed by atoms with Crippen molar-refractivity contribution in [2.45, 2.75) is 26.2 Å². The fourth-order valence-electron chi connectivity index (χ4n) is 2.19. The third-order valence-corrected chi connectivity index (χ3v) is 3.39. The van der Waals surface area contributed by atoms with Gasteiger partial charge in [-0.1, -0.05) is 48.0 Å². The molecule has 0 heterocycles. The van der Waals surface area contributed by atoms with Gasteiger partial charge in [-0.3, -0.25) is 4.79 Å². The van der Waals surface area contributed by atoms with Gasteiger partial charge in [-0.15, -0.1) is 0 Å². The van der Waals surface area contributed by atoms with E-state index >= 15 is 0 Å². The predicted octanol–water partition coefficient (Wildman–Crippen LogP) is 3.75. The quantitative estimate of drug-likeness (QED) is 0.797. The van der Waals surface area contributed by atoms with E-state index in [1.54, 1.807) is 7.11 Å². The second-order valence-corrected chi connectivity index (χ2v) is 5.01. The fraction of sp³-hybridized carbons (Fsp3) is 0.278. The van der Waals surface area contributed by atoms with Gasteiger partial charge in [0, 0.05) is 18.4 Å². The molecule has 0 spiro atoms. The summed E-state index contributed by atoms with van der Waals surface area (Å²) >= 11 is 0. The first-order chi connectivity index (χ1) is 9.69. The van der Waals surface area contributed by atoms with Crippen molar-refractivity contribution in [2.75, 3.05) is 7.11 Å². The van der Waals surface area contributed by atoms with Crippen LogP contribution in [0.3, 0.4) is 0 Å². The molecule has 0 amide bonds. The van der Waals surface area contributed by atoms with Gasteiger partial charge in [0.25, 0.3) is 0 Å². The van der Waals surface area contributed by atoms with Crippen molar-refractivity contribution in [2.24, 2.45) is 0 Å². The summed E-state index contributed by atoms with van der Waals surface area (Å²) in [5, 5.41) is 0. The van der Waals surface area contributed by atoms with Gasteiger partial charge in [-0.2, -0.15) is 0 Å². The van der Waals surface area contributed by atoms with E-state index in [-0.39, 0.29) is 5.78 Å². The first kappa shape index (κ1) is 14.3. The Hall–Kier alpha value is -2.09. The Labute approximate surface area is 120 Å². The summed E-state index contributed by atoms with van der Waals surface area (Å²) in [6.07, 6.45) is 1.81.